The van der Waals surface area contributed by atoms with Crippen LogP contribution >= 0.6 is 11.6 Å². The fraction of sp³-hybridized carbons (Fsp3) is 0.217. The summed E-state index contributed by atoms with van der Waals surface area (Å²) in [6.45, 7) is 1.78. The molecule has 1 aliphatic rings. The molecule has 1 unspecified atom stereocenters. The van der Waals surface area contributed by atoms with Crippen molar-refractivity contribution in [2.75, 3.05) is 11.5 Å². The zero-order valence-electron chi connectivity index (χ0n) is 18.0. The molecule has 1 saturated heterocycles. The van der Waals surface area contributed by atoms with Crippen molar-refractivity contribution in [3.63, 3.8) is 0 Å². The van der Waals surface area contributed by atoms with Crippen LogP contribution in [-0.4, -0.2) is 41.3 Å². The molecular formula is C23H19ClN4O5S. The van der Waals surface area contributed by atoms with Crippen LogP contribution in [0, 0.1) is 18.3 Å². The summed E-state index contributed by atoms with van der Waals surface area (Å²) in [5.41, 5.74) is 0.0479. The van der Waals surface area contributed by atoms with E-state index in [1.165, 1.54) is 10.6 Å². The average Bonchev–Trinajstić information content (AvgIpc) is 3.14. The quantitative estimate of drug-likeness (QED) is 0.422. The van der Waals surface area contributed by atoms with E-state index in [2.05, 4.69) is 10.3 Å². The smallest absolute Gasteiger partial charge is 0.269 e. The van der Waals surface area contributed by atoms with Crippen molar-refractivity contribution >= 4 is 39.1 Å². The molecule has 9 nitrogen and oxygen atoms in total. The monoisotopic (exact) mass is 498 g/mol. The van der Waals surface area contributed by atoms with Gasteiger partial charge in [-0.3, -0.25) is 14.0 Å². The van der Waals surface area contributed by atoms with E-state index >= 15 is 0 Å². The molecule has 1 fully saturated rings. The lowest BCUT2D eigenvalue weighted by Crippen LogP contribution is -2.36. The van der Waals surface area contributed by atoms with Crippen molar-refractivity contribution in [3.05, 3.63) is 74.7 Å². The number of carbonyl (C=O) groups is 1. The lowest BCUT2D eigenvalue weighted by atomic mass is 10.1. The van der Waals surface area contributed by atoms with E-state index in [-0.39, 0.29) is 34.9 Å². The molecule has 0 saturated carbocycles. The van der Waals surface area contributed by atoms with Gasteiger partial charge in [-0.25, -0.2) is 8.42 Å². The molecule has 11 heteroatoms. The number of nitrogens with zero attached hydrogens (tertiary/aromatic N) is 3. The number of nitriles is 1. The summed E-state index contributed by atoms with van der Waals surface area (Å²) >= 11 is 5.93. The summed E-state index contributed by atoms with van der Waals surface area (Å²) in [4.78, 5) is 30.5. The Balaban J connectivity index is 1.78. The molecule has 1 atom stereocenters. The maximum absolute atomic E-state index is 13.3. The Morgan fingerprint density at radius 1 is 1.32 bits per heavy atom. The number of hydrogen-bond donors (Lipinski definition) is 1. The van der Waals surface area contributed by atoms with Crippen LogP contribution in [0.4, 0.5) is 0 Å². The third-order valence-corrected chi connectivity index (χ3v) is 7.32. The summed E-state index contributed by atoms with van der Waals surface area (Å²) in [6, 6.07) is 11.0. The maximum Gasteiger partial charge on any atom is 0.269 e. The zero-order valence-corrected chi connectivity index (χ0v) is 19.6. The first-order valence-corrected chi connectivity index (χ1v) is 12.5. The van der Waals surface area contributed by atoms with E-state index in [0.717, 1.165) is 11.6 Å². The van der Waals surface area contributed by atoms with Crippen LogP contribution in [0.5, 0.6) is 11.6 Å². The van der Waals surface area contributed by atoms with Crippen LogP contribution in [0.2, 0.25) is 5.02 Å². The number of amides is 1. The van der Waals surface area contributed by atoms with E-state index in [9.17, 15) is 23.3 Å². The molecule has 0 spiro atoms. The molecule has 3 aromatic rings. The Hall–Kier alpha value is -3.68. The van der Waals surface area contributed by atoms with Crippen molar-refractivity contribution in [1.82, 2.24) is 14.7 Å². The molecule has 34 heavy (non-hydrogen) atoms. The summed E-state index contributed by atoms with van der Waals surface area (Å²) in [6.07, 6.45) is 2.89. The van der Waals surface area contributed by atoms with E-state index < -0.39 is 27.3 Å². The van der Waals surface area contributed by atoms with Crippen molar-refractivity contribution in [1.29, 1.82) is 5.26 Å². The van der Waals surface area contributed by atoms with Crippen LogP contribution in [0.15, 0.2) is 53.0 Å². The number of nitrogens with one attached hydrogen (secondary N) is 1. The number of aryl methyl sites for hydroxylation is 1. The lowest BCUT2D eigenvalue weighted by molar-refractivity contribution is -0.117. The molecule has 4 rings (SSSR count). The first-order valence-electron chi connectivity index (χ1n) is 10.3. The summed E-state index contributed by atoms with van der Waals surface area (Å²) < 4.78 is 30.5. The van der Waals surface area contributed by atoms with E-state index in [1.54, 1.807) is 49.4 Å². The van der Waals surface area contributed by atoms with Gasteiger partial charge in [-0.1, -0.05) is 17.7 Å². The summed E-state index contributed by atoms with van der Waals surface area (Å²) in [5.74, 6) is -0.746. The van der Waals surface area contributed by atoms with Crippen molar-refractivity contribution in [3.8, 4) is 17.7 Å². The molecule has 0 bridgehead atoms. The highest BCUT2D eigenvalue weighted by Crippen LogP contribution is 2.26. The fourth-order valence-electron chi connectivity index (χ4n) is 3.57. The molecular weight excluding hydrogens is 480 g/mol. The predicted octanol–water partition coefficient (Wildman–Crippen LogP) is 2.66. The Kier molecular flexibility index (Phi) is 6.41. The van der Waals surface area contributed by atoms with Gasteiger partial charge < -0.3 is 10.1 Å². The number of carbonyl (C=O) groups excluding carboxylic acids is 1. The van der Waals surface area contributed by atoms with Gasteiger partial charge in [0.05, 0.1) is 11.5 Å². The van der Waals surface area contributed by atoms with Crippen molar-refractivity contribution in [2.24, 2.45) is 0 Å². The number of fused-ring (bicyclic) bond motifs is 1. The van der Waals surface area contributed by atoms with Crippen LogP contribution < -0.4 is 15.6 Å². The van der Waals surface area contributed by atoms with E-state index in [0.29, 0.717) is 16.4 Å². The van der Waals surface area contributed by atoms with Crippen molar-refractivity contribution < 1.29 is 17.9 Å². The standard InChI is InChI=1S/C23H19ClN4O5S/c1-14-3-2-9-28-20(14)27-22(33-18-6-4-16(24)5-7-18)19(23(28)30)11-15(12-25)21(29)26-17-8-10-34(31,32)13-17/h2-7,9,11,17H,8,10,13H2,1H3,(H,26,29)/b15-11+. The second-order valence-corrected chi connectivity index (χ2v) is 10.5. The molecule has 1 aliphatic heterocycles. The molecule has 1 amide bonds. The molecule has 1 aromatic carbocycles. The predicted molar refractivity (Wildman–Crippen MR) is 127 cm³/mol. The maximum atomic E-state index is 13.3. The first-order chi connectivity index (χ1) is 16.2. The van der Waals surface area contributed by atoms with Crippen molar-refractivity contribution in [2.45, 2.75) is 19.4 Å². The molecule has 2 aromatic heterocycles. The van der Waals surface area contributed by atoms with Gasteiger partial charge in [0.1, 0.15) is 28.6 Å². The molecule has 3 heterocycles. The Morgan fingerprint density at radius 2 is 2.06 bits per heavy atom. The average molecular weight is 499 g/mol. The summed E-state index contributed by atoms with van der Waals surface area (Å²) in [5, 5.41) is 12.7. The highest BCUT2D eigenvalue weighted by Gasteiger charge is 2.30. The number of halogens is 1. The van der Waals surface area contributed by atoms with Gasteiger partial charge in [-0.05, 0) is 55.3 Å². The normalized spacial score (nSPS) is 17.3. The van der Waals surface area contributed by atoms with Crippen LogP contribution in [0.25, 0.3) is 11.7 Å². The zero-order chi connectivity index (χ0) is 24.5. The van der Waals surface area contributed by atoms with Crippen LogP contribution in [-0.2, 0) is 14.6 Å². The first kappa shape index (κ1) is 23.5. The summed E-state index contributed by atoms with van der Waals surface area (Å²) in [7, 11) is -3.22. The number of aromatic nitrogens is 2. The number of benzene rings is 1. The third kappa shape index (κ3) is 4.95. The minimum absolute atomic E-state index is 0.0298. The fourth-order valence-corrected chi connectivity index (χ4v) is 5.37. The largest absolute Gasteiger partial charge is 0.438 e. The molecule has 1 N–H and O–H groups in total. The van der Waals surface area contributed by atoms with Gasteiger partial charge in [0.25, 0.3) is 11.5 Å². The number of hydrogen-bond acceptors (Lipinski definition) is 7. The van der Waals surface area contributed by atoms with Crippen LogP contribution in [0.1, 0.15) is 17.5 Å². The van der Waals surface area contributed by atoms with Crippen LogP contribution in [0.3, 0.4) is 0 Å². The number of rotatable bonds is 5. The lowest BCUT2D eigenvalue weighted by Gasteiger charge is -2.12. The third-order valence-electron chi connectivity index (χ3n) is 5.30. The second-order valence-electron chi connectivity index (χ2n) is 7.82. The minimum atomic E-state index is -3.22. The number of sulfone groups is 1. The Labute approximate surface area is 200 Å². The van der Waals surface area contributed by atoms with E-state index in [1.807, 2.05) is 0 Å². The molecule has 0 aliphatic carbocycles. The minimum Gasteiger partial charge on any atom is -0.438 e. The second kappa shape index (κ2) is 9.29. The number of ether oxygens (including phenoxy) is 1. The van der Waals surface area contributed by atoms with Gasteiger partial charge in [-0.2, -0.15) is 10.2 Å². The SMILES string of the molecule is Cc1cccn2c(=O)c(/C=C(\C#N)C(=O)NC3CCS(=O)(=O)C3)c(Oc3ccc(Cl)cc3)nc12. The molecule has 0 radical (unpaired) electrons. The molecule has 174 valence electrons. The number of pyridine rings is 1. The Bertz CT molecular complexity index is 1520. The highest BCUT2D eigenvalue weighted by atomic mass is 35.5. The van der Waals surface area contributed by atoms with Gasteiger partial charge in [-0.15, -0.1) is 0 Å². The van der Waals surface area contributed by atoms with Gasteiger partial charge >= 0.3 is 0 Å². The highest BCUT2D eigenvalue weighted by molar-refractivity contribution is 7.91. The van der Waals surface area contributed by atoms with E-state index in [4.69, 9.17) is 16.3 Å². The van der Waals surface area contributed by atoms with Gasteiger partial charge in [0.15, 0.2) is 9.84 Å². The van der Waals surface area contributed by atoms with Gasteiger partial charge in [0.2, 0.25) is 5.88 Å². The Morgan fingerprint density at radius 3 is 2.71 bits per heavy atom. The topological polar surface area (TPSA) is 131 Å². The van der Waals surface area contributed by atoms with Gasteiger partial charge in [0, 0.05) is 17.3 Å².